The van der Waals surface area contributed by atoms with Crippen LogP contribution in [0, 0.1) is 0 Å². The summed E-state index contributed by atoms with van der Waals surface area (Å²) in [4.78, 5) is 0.228. The highest BCUT2D eigenvalue weighted by molar-refractivity contribution is 7.92. The van der Waals surface area contributed by atoms with E-state index in [2.05, 4.69) is 9.82 Å². The molecule has 0 saturated heterocycles. The molecule has 3 aromatic rings. The number of hydrogen-bond donors (Lipinski definition) is 1. The number of nitrogens with one attached hydrogen (secondary N) is 1. The quantitative estimate of drug-likeness (QED) is 0.705. The Morgan fingerprint density at radius 1 is 1.08 bits per heavy atom. The van der Waals surface area contributed by atoms with E-state index in [9.17, 15) is 8.42 Å². The van der Waals surface area contributed by atoms with E-state index in [1.54, 1.807) is 36.2 Å². The third-order valence-electron chi connectivity index (χ3n) is 3.67. The molecule has 0 fully saturated rings. The van der Waals surface area contributed by atoms with Crippen LogP contribution in [0.25, 0.3) is 11.1 Å². The highest BCUT2D eigenvalue weighted by Crippen LogP contribution is 2.28. The molecule has 1 heterocycles. The molecule has 0 amide bonds. The lowest BCUT2D eigenvalue weighted by Crippen LogP contribution is -2.13. The Labute approximate surface area is 147 Å². The Morgan fingerprint density at radius 2 is 1.80 bits per heavy atom. The van der Waals surface area contributed by atoms with Crippen molar-refractivity contribution < 1.29 is 13.2 Å². The maximum absolute atomic E-state index is 12.8. The van der Waals surface area contributed by atoms with Gasteiger partial charge in [0.15, 0.2) is 0 Å². The second-order valence-electron chi connectivity index (χ2n) is 5.45. The van der Waals surface area contributed by atoms with Crippen LogP contribution in [0.2, 0.25) is 0 Å². The Morgan fingerprint density at radius 3 is 2.56 bits per heavy atom. The van der Waals surface area contributed by atoms with Gasteiger partial charge < -0.3 is 4.74 Å². The van der Waals surface area contributed by atoms with Gasteiger partial charge in [-0.1, -0.05) is 48.5 Å². The van der Waals surface area contributed by atoms with Gasteiger partial charge in [-0.3, -0.25) is 9.40 Å². The van der Waals surface area contributed by atoms with E-state index in [1.807, 2.05) is 36.4 Å². The van der Waals surface area contributed by atoms with E-state index in [0.717, 1.165) is 5.56 Å². The van der Waals surface area contributed by atoms with Crippen LogP contribution in [0.5, 0.6) is 0 Å². The SMILES string of the molecule is COCCn1cc(NS(=O)(=O)c2ccccc2-c2ccccc2)cn1. The van der Waals surface area contributed by atoms with Crippen molar-refractivity contribution in [3.8, 4) is 11.1 Å². The van der Waals surface area contributed by atoms with Crippen molar-refractivity contribution in [2.24, 2.45) is 0 Å². The number of methoxy groups -OCH3 is 1. The lowest BCUT2D eigenvalue weighted by atomic mass is 10.1. The average molecular weight is 357 g/mol. The molecule has 0 radical (unpaired) electrons. The fourth-order valence-corrected chi connectivity index (χ4v) is 3.75. The number of ether oxygens (including phenoxy) is 1. The molecule has 130 valence electrons. The molecule has 0 bridgehead atoms. The first-order chi connectivity index (χ1) is 12.1. The normalized spacial score (nSPS) is 11.4. The Balaban J connectivity index is 1.89. The summed E-state index contributed by atoms with van der Waals surface area (Å²) in [5.41, 5.74) is 1.92. The standard InChI is InChI=1S/C18H19N3O3S/c1-24-12-11-21-14-16(13-19-21)20-25(22,23)18-10-6-5-9-17(18)15-7-3-2-4-8-15/h2-10,13-14,20H,11-12H2,1H3. The maximum Gasteiger partial charge on any atom is 0.262 e. The van der Waals surface area contributed by atoms with Crippen molar-refractivity contribution in [2.75, 3.05) is 18.4 Å². The predicted octanol–water partition coefficient (Wildman–Crippen LogP) is 3.00. The van der Waals surface area contributed by atoms with Crippen LogP contribution in [-0.2, 0) is 21.3 Å². The summed E-state index contributed by atoms with van der Waals surface area (Å²) < 4.78 is 34.9. The number of sulfonamides is 1. The van der Waals surface area contributed by atoms with Crippen molar-refractivity contribution >= 4 is 15.7 Å². The second kappa shape index (κ2) is 7.50. The van der Waals surface area contributed by atoms with Crippen LogP contribution in [0.15, 0.2) is 71.9 Å². The first-order valence-corrected chi connectivity index (χ1v) is 9.27. The number of benzene rings is 2. The topological polar surface area (TPSA) is 73.2 Å². The fraction of sp³-hybridized carbons (Fsp3) is 0.167. The summed E-state index contributed by atoms with van der Waals surface area (Å²) in [6.45, 7) is 1.06. The molecule has 7 heteroatoms. The molecule has 3 rings (SSSR count). The lowest BCUT2D eigenvalue weighted by Gasteiger charge is -2.11. The van der Waals surface area contributed by atoms with Gasteiger partial charge in [0, 0.05) is 18.9 Å². The lowest BCUT2D eigenvalue weighted by molar-refractivity contribution is 0.183. The number of aromatic nitrogens is 2. The van der Waals surface area contributed by atoms with E-state index in [-0.39, 0.29) is 4.90 Å². The minimum absolute atomic E-state index is 0.228. The van der Waals surface area contributed by atoms with E-state index < -0.39 is 10.0 Å². The van der Waals surface area contributed by atoms with Gasteiger partial charge in [-0.05, 0) is 11.6 Å². The summed E-state index contributed by atoms with van der Waals surface area (Å²) in [6, 6.07) is 16.4. The summed E-state index contributed by atoms with van der Waals surface area (Å²) in [7, 11) is -2.13. The van der Waals surface area contributed by atoms with Crippen LogP contribution in [0.1, 0.15) is 0 Å². The zero-order chi connectivity index (χ0) is 17.7. The minimum atomic E-state index is -3.73. The van der Waals surface area contributed by atoms with E-state index in [4.69, 9.17) is 4.74 Å². The molecular formula is C18H19N3O3S. The molecule has 6 nitrogen and oxygen atoms in total. The molecule has 0 aliphatic carbocycles. The smallest absolute Gasteiger partial charge is 0.262 e. The molecule has 25 heavy (non-hydrogen) atoms. The first kappa shape index (κ1) is 17.2. The minimum Gasteiger partial charge on any atom is -0.383 e. The van der Waals surface area contributed by atoms with Crippen LogP contribution in [-0.4, -0.2) is 31.9 Å². The van der Waals surface area contributed by atoms with Crippen molar-refractivity contribution in [3.63, 3.8) is 0 Å². The van der Waals surface area contributed by atoms with Crippen molar-refractivity contribution in [1.82, 2.24) is 9.78 Å². The third-order valence-corrected chi connectivity index (χ3v) is 5.11. The van der Waals surface area contributed by atoms with E-state index >= 15 is 0 Å². The van der Waals surface area contributed by atoms with E-state index in [1.165, 1.54) is 6.20 Å². The van der Waals surface area contributed by atoms with Crippen molar-refractivity contribution in [2.45, 2.75) is 11.4 Å². The molecule has 2 aromatic carbocycles. The van der Waals surface area contributed by atoms with Gasteiger partial charge >= 0.3 is 0 Å². The highest BCUT2D eigenvalue weighted by Gasteiger charge is 2.19. The van der Waals surface area contributed by atoms with Crippen LogP contribution in [0.3, 0.4) is 0 Å². The zero-order valence-electron chi connectivity index (χ0n) is 13.8. The molecule has 0 atom stereocenters. The maximum atomic E-state index is 12.8. The number of hydrogen-bond acceptors (Lipinski definition) is 4. The Kier molecular flexibility index (Phi) is 5.16. The van der Waals surface area contributed by atoms with E-state index in [0.29, 0.717) is 24.4 Å². The summed E-state index contributed by atoms with van der Waals surface area (Å²) in [5, 5.41) is 4.12. The number of rotatable bonds is 7. The largest absolute Gasteiger partial charge is 0.383 e. The van der Waals surface area contributed by atoms with Gasteiger partial charge in [0.25, 0.3) is 10.0 Å². The van der Waals surface area contributed by atoms with Gasteiger partial charge in [-0.15, -0.1) is 0 Å². The molecule has 0 unspecified atom stereocenters. The zero-order valence-corrected chi connectivity index (χ0v) is 14.6. The summed E-state index contributed by atoms with van der Waals surface area (Å²) >= 11 is 0. The summed E-state index contributed by atoms with van der Waals surface area (Å²) in [6.07, 6.45) is 3.13. The Hall–Kier alpha value is -2.64. The average Bonchev–Trinajstić information content (AvgIpc) is 3.07. The highest BCUT2D eigenvalue weighted by atomic mass is 32.2. The monoisotopic (exact) mass is 357 g/mol. The van der Waals surface area contributed by atoms with Gasteiger partial charge in [0.1, 0.15) is 0 Å². The fourth-order valence-electron chi connectivity index (χ4n) is 2.49. The van der Waals surface area contributed by atoms with Crippen LogP contribution < -0.4 is 4.72 Å². The summed E-state index contributed by atoms with van der Waals surface area (Å²) in [5.74, 6) is 0. The predicted molar refractivity (Wildman–Crippen MR) is 96.8 cm³/mol. The van der Waals surface area contributed by atoms with Crippen LogP contribution in [0.4, 0.5) is 5.69 Å². The van der Waals surface area contributed by atoms with Gasteiger partial charge in [-0.2, -0.15) is 5.10 Å². The molecule has 1 N–H and O–H groups in total. The van der Waals surface area contributed by atoms with Gasteiger partial charge in [-0.25, -0.2) is 8.42 Å². The molecule has 0 spiro atoms. The Bertz CT molecular complexity index is 937. The second-order valence-corrected chi connectivity index (χ2v) is 7.10. The molecule has 0 aliphatic heterocycles. The first-order valence-electron chi connectivity index (χ1n) is 7.79. The molecule has 0 saturated carbocycles. The van der Waals surface area contributed by atoms with Crippen LogP contribution >= 0.6 is 0 Å². The third kappa shape index (κ3) is 4.07. The number of anilines is 1. The molecular weight excluding hydrogens is 338 g/mol. The van der Waals surface area contributed by atoms with Gasteiger partial charge in [0.05, 0.1) is 29.9 Å². The van der Waals surface area contributed by atoms with Crippen molar-refractivity contribution in [1.29, 1.82) is 0 Å². The molecule has 0 aliphatic rings. The van der Waals surface area contributed by atoms with Crippen molar-refractivity contribution in [3.05, 3.63) is 67.0 Å². The number of nitrogens with zero attached hydrogens (tertiary/aromatic N) is 2. The van der Waals surface area contributed by atoms with Gasteiger partial charge in [0.2, 0.25) is 0 Å². The molecule has 1 aromatic heterocycles.